The van der Waals surface area contributed by atoms with Gasteiger partial charge in [0.05, 0.1) is 24.2 Å². The first-order chi connectivity index (χ1) is 9.31. The molecule has 19 heavy (non-hydrogen) atoms. The Morgan fingerprint density at radius 1 is 1.42 bits per heavy atom. The molecule has 0 atom stereocenters. The van der Waals surface area contributed by atoms with Gasteiger partial charge in [0.1, 0.15) is 5.75 Å². The van der Waals surface area contributed by atoms with E-state index in [1.54, 1.807) is 6.20 Å². The van der Waals surface area contributed by atoms with Crippen LogP contribution in [0.1, 0.15) is 13.3 Å². The summed E-state index contributed by atoms with van der Waals surface area (Å²) >= 11 is 0. The average molecular weight is 261 g/mol. The third kappa shape index (κ3) is 3.61. The van der Waals surface area contributed by atoms with Crippen molar-refractivity contribution in [3.05, 3.63) is 30.6 Å². The summed E-state index contributed by atoms with van der Waals surface area (Å²) in [6.45, 7) is 4.20. The summed E-state index contributed by atoms with van der Waals surface area (Å²) in [6.07, 6.45) is 4.47. The minimum atomic E-state index is 0.611. The third-order valence-corrected chi connectivity index (χ3v) is 2.72. The molecule has 2 rings (SSSR count). The van der Waals surface area contributed by atoms with Crippen molar-refractivity contribution in [3.8, 4) is 5.75 Å². The molecule has 0 aliphatic rings. The van der Waals surface area contributed by atoms with Crippen LogP contribution in [0.3, 0.4) is 0 Å². The smallest absolute Gasteiger partial charge is 0.144 e. The number of hydrogen-bond donors (Lipinski definition) is 2. The number of aromatic nitrogens is 3. The number of para-hydroxylation sites is 1. The summed E-state index contributed by atoms with van der Waals surface area (Å²) in [4.78, 5) is 0. The first-order valence-corrected chi connectivity index (χ1v) is 6.40. The van der Waals surface area contributed by atoms with Crippen molar-refractivity contribution in [3.63, 3.8) is 0 Å². The van der Waals surface area contributed by atoms with E-state index < -0.39 is 0 Å². The Morgan fingerprint density at radius 2 is 2.32 bits per heavy atom. The van der Waals surface area contributed by atoms with Crippen molar-refractivity contribution in [1.29, 1.82) is 0 Å². The lowest BCUT2D eigenvalue weighted by Crippen LogP contribution is -2.09. The lowest BCUT2D eigenvalue weighted by Gasteiger charge is -2.13. The maximum absolute atomic E-state index is 6.03. The summed E-state index contributed by atoms with van der Waals surface area (Å²) < 4.78 is 7.26. The Labute approximate surface area is 112 Å². The van der Waals surface area contributed by atoms with Gasteiger partial charge in [-0.25, -0.2) is 0 Å². The van der Waals surface area contributed by atoms with Gasteiger partial charge in [0, 0.05) is 19.3 Å². The molecule has 0 bridgehead atoms. The summed E-state index contributed by atoms with van der Waals surface area (Å²) in [5.41, 5.74) is 7.60. The fraction of sp³-hybridized carbons (Fsp3) is 0.385. The molecule has 0 fully saturated rings. The number of ether oxygens (including phenoxy) is 1. The van der Waals surface area contributed by atoms with Crippen molar-refractivity contribution >= 4 is 11.4 Å². The molecule has 0 spiro atoms. The highest BCUT2D eigenvalue weighted by Gasteiger charge is 2.04. The number of nitrogens with two attached hydrogens (primary N) is 1. The van der Waals surface area contributed by atoms with Gasteiger partial charge in [-0.15, -0.1) is 5.10 Å². The lowest BCUT2D eigenvalue weighted by molar-refractivity contribution is 0.342. The van der Waals surface area contributed by atoms with Crippen molar-refractivity contribution in [2.45, 2.75) is 19.9 Å². The average Bonchev–Trinajstić information content (AvgIpc) is 2.92. The molecule has 1 aromatic carbocycles. The SMILES string of the molecule is CCOc1cccc(NCCCn2ccnn2)c1N. The fourth-order valence-corrected chi connectivity index (χ4v) is 1.80. The van der Waals surface area contributed by atoms with Gasteiger partial charge in [0.2, 0.25) is 0 Å². The standard InChI is InChI=1S/C13H19N5O/c1-2-19-12-6-3-5-11(13(12)14)15-7-4-9-18-10-8-16-17-18/h3,5-6,8,10,15H,2,4,7,9,14H2,1H3. The van der Waals surface area contributed by atoms with Crippen LogP contribution >= 0.6 is 0 Å². The zero-order valence-corrected chi connectivity index (χ0v) is 11.0. The third-order valence-electron chi connectivity index (χ3n) is 2.72. The van der Waals surface area contributed by atoms with Gasteiger partial charge >= 0.3 is 0 Å². The van der Waals surface area contributed by atoms with Crippen LogP contribution in [0.25, 0.3) is 0 Å². The van der Waals surface area contributed by atoms with Crippen LogP contribution in [-0.4, -0.2) is 28.1 Å². The van der Waals surface area contributed by atoms with E-state index in [1.165, 1.54) is 0 Å². The van der Waals surface area contributed by atoms with Gasteiger partial charge in [-0.1, -0.05) is 11.3 Å². The number of aryl methyl sites for hydroxylation is 1. The molecule has 0 radical (unpaired) electrons. The Hall–Kier alpha value is -2.24. The minimum Gasteiger partial charge on any atom is -0.492 e. The number of nitrogen functional groups attached to an aromatic ring is 1. The van der Waals surface area contributed by atoms with E-state index in [1.807, 2.05) is 36.0 Å². The van der Waals surface area contributed by atoms with Gasteiger partial charge in [-0.05, 0) is 25.5 Å². The highest BCUT2D eigenvalue weighted by molar-refractivity contribution is 5.72. The zero-order valence-electron chi connectivity index (χ0n) is 11.0. The van der Waals surface area contributed by atoms with E-state index in [9.17, 15) is 0 Å². The molecule has 6 nitrogen and oxygen atoms in total. The maximum Gasteiger partial charge on any atom is 0.144 e. The van der Waals surface area contributed by atoms with Crippen LogP contribution in [-0.2, 0) is 6.54 Å². The van der Waals surface area contributed by atoms with Gasteiger partial charge in [-0.2, -0.15) is 0 Å². The van der Waals surface area contributed by atoms with E-state index in [2.05, 4.69) is 15.6 Å². The molecule has 6 heteroatoms. The molecule has 0 saturated carbocycles. The molecule has 0 saturated heterocycles. The second-order valence-electron chi connectivity index (χ2n) is 4.10. The van der Waals surface area contributed by atoms with Crippen molar-refractivity contribution in [2.24, 2.45) is 0 Å². The summed E-state index contributed by atoms with van der Waals surface area (Å²) in [5, 5.41) is 11.0. The molecule has 3 N–H and O–H groups in total. The minimum absolute atomic E-state index is 0.611. The molecule has 0 amide bonds. The summed E-state index contributed by atoms with van der Waals surface area (Å²) in [7, 11) is 0. The van der Waals surface area contributed by atoms with Crippen LogP contribution in [0.4, 0.5) is 11.4 Å². The number of benzene rings is 1. The predicted molar refractivity (Wildman–Crippen MR) is 75.2 cm³/mol. The summed E-state index contributed by atoms with van der Waals surface area (Å²) in [6, 6.07) is 5.76. The lowest BCUT2D eigenvalue weighted by atomic mass is 10.2. The zero-order chi connectivity index (χ0) is 13.5. The van der Waals surface area contributed by atoms with Crippen LogP contribution in [0.5, 0.6) is 5.75 Å². The fourth-order valence-electron chi connectivity index (χ4n) is 1.80. The second kappa shape index (κ2) is 6.63. The Kier molecular flexibility index (Phi) is 4.60. The van der Waals surface area contributed by atoms with Gasteiger partial charge < -0.3 is 15.8 Å². The topological polar surface area (TPSA) is 78.0 Å². The first-order valence-electron chi connectivity index (χ1n) is 6.40. The van der Waals surface area contributed by atoms with Crippen molar-refractivity contribution in [1.82, 2.24) is 15.0 Å². The normalized spacial score (nSPS) is 10.4. The first kappa shape index (κ1) is 13.2. The quantitative estimate of drug-likeness (QED) is 0.586. The van der Waals surface area contributed by atoms with Crippen LogP contribution in [0.2, 0.25) is 0 Å². The molecule has 0 aliphatic carbocycles. The number of nitrogens with one attached hydrogen (secondary N) is 1. The Bertz CT molecular complexity index is 498. The Morgan fingerprint density at radius 3 is 3.05 bits per heavy atom. The number of hydrogen-bond acceptors (Lipinski definition) is 5. The van der Waals surface area contributed by atoms with Gasteiger partial charge in [-0.3, -0.25) is 4.68 Å². The molecule has 1 heterocycles. The van der Waals surface area contributed by atoms with E-state index in [-0.39, 0.29) is 0 Å². The van der Waals surface area contributed by atoms with Crippen LogP contribution < -0.4 is 15.8 Å². The molecule has 102 valence electrons. The van der Waals surface area contributed by atoms with E-state index >= 15 is 0 Å². The van der Waals surface area contributed by atoms with Gasteiger partial charge in [0.15, 0.2) is 0 Å². The van der Waals surface area contributed by atoms with Crippen molar-refractivity contribution < 1.29 is 4.74 Å². The van der Waals surface area contributed by atoms with E-state index in [0.29, 0.717) is 12.3 Å². The molecule has 0 aliphatic heterocycles. The highest BCUT2D eigenvalue weighted by Crippen LogP contribution is 2.29. The monoisotopic (exact) mass is 261 g/mol. The molecule has 2 aromatic rings. The highest BCUT2D eigenvalue weighted by atomic mass is 16.5. The maximum atomic E-state index is 6.03. The number of nitrogens with zero attached hydrogens (tertiary/aromatic N) is 3. The second-order valence-corrected chi connectivity index (χ2v) is 4.10. The van der Waals surface area contributed by atoms with Crippen LogP contribution in [0, 0.1) is 0 Å². The molecule has 1 aromatic heterocycles. The molecule has 0 unspecified atom stereocenters. The van der Waals surface area contributed by atoms with Gasteiger partial charge in [0.25, 0.3) is 0 Å². The number of anilines is 2. The summed E-state index contributed by atoms with van der Waals surface area (Å²) in [5.74, 6) is 0.726. The van der Waals surface area contributed by atoms with E-state index in [4.69, 9.17) is 10.5 Å². The van der Waals surface area contributed by atoms with E-state index in [0.717, 1.165) is 30.9 Å². The predicted octanol–water partition coefficient (Wildman–Crippen LogP) is 1.76. The Balaban J connectivity index is 1.83. The van der Waals surface area contributed by atoms with Crippen LogP contribution in [0.15, 0.2) is 30.6 Å². The largest absolute Gasteiger partial charge is 0.492 e. The molecular weight excluding hydrogens is 242 g/mol. The van der Waals surface area contributed by atoms with Crippen molar-refractivity contribution in [2.75, 3.05) is 24.2 Å². The molecular formula is C13H19N5O. The number of rotatable bonds is 7.